The second kappa shape index (κ2) is 7.98. The van der Waals surface area contributed by atoms with E-state index in [2.05, 4.69) is 5.32 Å². The number of carboxylic acid groups (broad SMARTS) is 1. The number of amides is 2. The van der Waals surface area contributed by atoms with Gasteiger partial charge in [0.2, 0.25) is 0 Å². The molecular weight excluding hydrogens is 328 g/mol. The third kappa shape index (κ3) is 4.08. The Bertz CT molecular complexity index is 856. The summed E-state index contributed by atoms with van der Waals surface area (Å²) >= 11 is 0. The van der Waals surface area contributed by atoms with Crippen LogP contribution in [0.4, 0.5) is 16.2 Å². The van der Waals surface area contributed by atoms with Gasteiger partial charge in [0.05, 0.1) is 16.9 Å². The number of hydrogen-bond donors (Lipinski definition) is 2. The largest absolute Gasteiger partial charge is 0.478 e. The van der Waals surface area contributed by atoms with Gasteiger partial charge < -0.3 is 10.4 Å². The van der Waals surface area contributed by atoms with E-state index in [1.165, 1.54) is 6.07 Å². The lowest BCUT2D eigenvalue weighted by molar-refractivity contribution is 0.0696. The van der Waals surface area contributed by atoms with Gasteiger partial charge in [-0.15, -0.1) is 0 Å². The van der Waals surface area contributed by atoms with Gasteiger partial charge in [0.1, 0.15) is 0 Å². The van der Waals surface area contributed by atoms with E-state index in [1.54, 1.807) is 23.1 Å². The van der Waals surface area contributed by atoms with Crippen molar-refractivity contribution in [1.82, 2.24) is 5.32 Å². The van der Waals surface area contributed by atoms with E-state index in [1.807, 2.05) is 60.7 Å². The Morgan fingerprint density at radius 2 is 1.38 bits per heavy atom. The predicted molar refractivity (Wildman–Crippen MR) is 101 cm³/mol. The van der Waals surface area contributed by atoms with E-state index in [-0.39, 0.29) is 18.1 Å². The van der Waals surface area contributed by atoms with Gasteiger partial charge in [0, 0.05) is 6.54 Å². The molecule has 0 radical (unpaired) electrons. The Balaban J connectivity index is 1.80. The fourth-order valence-electron chi connectivity index (χ4n) is 2.61. The van der Waals surface area contributed by atoms with Gasteiger partial charge in [0.15, 0.2) is 0 Å². The van der Waals surface area contributed by atoms with Gasteiger partial charge >= 0.3 is 12.0 Å². The lowest BCUT2D eigenvalue weighted by Crippen LogP contribution is -2.36. The van der Waals surface area contributed by atoms with E-state index in [9.17, 15) is 9.59 Å². The number of para-hydroxylation sites is 2. The average Bonchev–Trinajstić information content (AvgIpc) is 2.68. The van der Waals surface area contributed by atoms with Gasteiger partial charge in [-0.25, -0.2) is 9.59 Å². The number of anilines is 2. The predicted octanol–water partition coefficient (Wildman–Crippen LogP) is 4.43. The maximum Gasteiger partial charge on any atom is 0.335 e. The van der Waals surface area contributed by atoms with Crippen molar-refractivity contribution in [2.45, 2.75) is 6.54 Å². The third-order valence-corrected chi connectivity index (χ3v) is 3.85. The summed E-state index contributed by atoms with van der Waals surface area (Å²) in [6.07, 6.45) is 0. The van der Waals surface area contributed by atoms with Crippen molar-refractivity contribution in [2.75, 3.05) is 4.90 Å². The summed E-state index contributed by atoms with van der Waals surface area (Å²) in [5.74, 6) is -0.992. The quantitative estimate of drug-likeness (QED) is 0.718. The van der Waals surface area contributed by atoms with Crippen LogP contribution in [0.2, 0.25) is 0 Å². The highest BCUT2D eigenvalue weighted by molar-refractivity contribution is 5.99. The number of nitrogens with one attached hydrogen (secondary N) is 1. The normalized spacial score (nSPS) is 10.2. The molecule has 2 N–H and O–H groups in total. The van der Waals surface area contributed by atoms with Crippen LogP contribution >= 0.6 is 0 Å². The molecule has 5 heteroatoms. The van der Waals surface area contributed by atoms with Crippen LogP contribution in [0.5, 0.6) is 0 Å². The number of rotatable bonds is 5. The SMILES string of the molecule is O=C(O)c1cccc(CNC(=O)N(c2ccccc2)c2ccccc2)c1. The topological polar surface area (TPSA) is 69.6 Å². The Morgan fingerprint density at radius 1 is 0.808 bits per heavy atom. The van der Waals surface area contributed by atoms with Crippen LogP contribution in [0.25, 0.3) is 0 Å². The monoisotopic (exact) mass is 346 g/mol. The molecule has 3 aromatic carbocycles. The summed E-state index contributed by atoms with van der Waals surface area (Å²) in [6, 6.07) is 24.9. The zero-order valence-electron chi connectivity index (χ0n) is 14.0. The minimum atomic E-state index is -0.992. The summed E-state index contributed by atoms with van der Waals surface area (Å²) in [7, 11) is 0. The van der Waals surface area contributed by atoms with Crippen LogP contribution in [-0.2, 0) is 6.54 Å². The van der Waals surface area contributed by atoms with E-state index in [0.29, 0.717) is 0 Å². The molecule has 0 aliphatic carbocycles. The maximum absolute atomic E-state index is 12.8. The molecule has 0 saturated carbocycles. The lowest BCUT2D eigenvalue weighted by Gasteiger charge is -2.23. The Hall–Kier alpha value is -3.60. The Kier molecular flexibility index (Phi) is 5.29. The molecule has 0 heterocycles. The zero-order valence-corrected chi connectivity index (χ0v) is 14.0. The molecular formula is C21H18N2O3. The molecule has 0 aliphatic rings. The van der Waals surface area contributed by atoms with Crippen molar-refractivity contribution in [3.05, 3.63) is 96.1 Å². The summed E-state index contributed by atoms with van der Waals surface area (Å²) in [5.41, 5.74) is 2.41. The minimum Gasteiger partial charge on any atom is -0.478 e. The molecule has 5 nitrogen and oxygen atoms in total. The molecule has 0 unspecified atom stereocenters. The number of carboxylic acids is 1. The van der Waals surface area contributed by atoms with E-state index >= 15 is 0 Å². The first-order valence-corrected chi connectivity index (χ1v) is 8.15. The molecule has 0 bridgehead atoms. The number of aromatic carboxylic acids is 1. The fraction of sp³-hybridized carbons (Fsp3) is 0.0476. The van der Waals surface area contributed by atoms with Crippen molar-refractivity contribution in [3.63, 3.8) is 0 Å². The van der Waals surface area contributed by atoms with Gasteiger partial charge in [-0.1, -0.05) is 48.5 Å². The molecule has 0 aliphatic heterocycles. The lowest BCUT2D eigenvalue weighted by atomic mass is 10.1. The van der Waals surface area contributed by atoms with E-state index < -0.39 is 5.97 Å². The number of carbonyl (C=O) groups excluding carboxylic acids is 1. The van der Waals surface area contributed by atoms with Crippen LogP contribution in [-0.4, -0.2) is 17.1 Å². The molecule has 0 spiro atoms. The number of carbonyl (C=O) groups is 2. The average molecular weight is 346 g/mol. The molecule has 2 amide bonds. The van der Waals surface area contributed by atoms with Crippen molar-refractivity contribution < 1.29 is 14.7 Å². The van der Waals surface area contributed by atoms with E-state index in [0.717, 1.165) is 16.9 Å². The first kappa shape index (κ1) is 17.2. The van der Waals surface area contributed by atoms with Crippen LogP contribution in [0.1, 0.15) is 15.9 Å². The third-order valence-electron chi connectivity index (χ3n) is 3.85. The van der Waals surface area contributed by atoms with Gasteiger partial charge in [-0.05, 0) is 42.0 Å². The second-order valence-electron chi connectivity index (χ2n) is 5.67. The molecule has 0 saturated heterocycles. The van der Waals surface area contributed by atoms with Crippen LogP contribution in [0, 0.1) is 0 Å². The summed E-state index contributed by atoms with van der Waals surface area (Å²) in [6.45, 7) is 0.232. The fourth-order valence-corrected chi connectivity index (χ4v) is 2.61. The van der Waals surface area contributed by atoms with Gasteiger partial charge in [0.25, 0.3) is 0 Å². The smallest absolute Gasteiger partial charge is 0.335 e. The summed E-state index contributed by atoms with van der Waals surface area (Å²) < 4.78 is 0. The molecule has 130 valence electrons. The van der Waals surface area contributed by atoms with Gasteiger partial charge in [-0.3, -0.25) is 4.90 Å². The first-order chi connectivity index (χ1) is 12.6. The van der Waals surface area contributed by atoms with Crippen LogP contribution in [0.15, 0.2) is 84.9 Å². The Labute approximate surface area is 151 Å². The highest BCUT2D eigenvalue weighted by Gasteiger charge is 2.17. The number of urea groups is 1. The van der Waals surface area contributed by atoms with Crippen molar-refractivity contribution in [2.24, 2.45) is 0 Å². The van der Waals surface area contributed by atoms with Gasteiger partial charge in [-0.2, -0.15) is 0 Å². The molecule has 0 fully saturated rings. The van der Waals surface area contributed by atoms with Crippen molar-refractivity contribution >= 4 is 23.4 Å². The molecule has 0 aromatic heterocycles. The highest BCUT2D eigenvalue weighted by Crippen LogP contribution is 2.24. The summed E-state index contributed by atoms with van der Waals surface area (Å²) in [4.78, 5) is 25.5. The zero-order chi connectivity index (χ0) is 18.4. The molecule has 3 rings (SSSR count). The highest BCUT2D eigenvalue weighted by atomic mass is 16.4. The summed E-state index contributed by atoms with van der Waals surface area (Å²) in [5, 5.41) is 11.9. The van der Waals surface area contributed by atoms with Crippen molar-refractivity contribution in [3.8, 4) is 0 Å². The number of hydrogen-bond acceptors (Lipinski definition) is 2. The first-order valence-electron chi connectivity index (χ1n) is 8.15. The van der Waals surface area contributed by atoms with Crippen LogP contribution in [0.3, 0.4) is 0 Å². The van der Waals surface area contributed by atoms with Crippen molar-refractivity contribution in [1.29, 1.82) is 0 Å². The maximum atomic E-state index is 12.8. The molecule has 3 aromatic rings. The standard InChI is InChI=1S/C21H18N2O3/c24-20(25)17-9-7-8-16(14-17)15-22-21(26)23(18-10-3-1-4-11-18)19-12-5-2-6-13-19/h1-14H,15H2,(H,22,26)(H,24,25). The number of nitrogens with zero attached hydrogens (tertiary/aromatic N) is 1. The Morgan fingerprint density at radius 3 is 1.92 bits per heavy atom. The molecule has 26 heavy (non-hydrogen) atoms. The van der Waals surface area contributed by atoms with E-state index in [4.69, 9.17) is 5.11 Å². The number of benzene rings is 3. The molecule has 0 atom stereocenters. The van der Waals surface area contributed by atoms with Crippen LogP contribution < -0.4 is 10.2 Å². The second-order valence-corrected chi connectivity index (χ2v) is 5.67. The minimum absolute atomic E-state index is 0.194.